The van der Waals surface area contributed by atoms with Crippen LogP contribution in [0.4, 0.5) is 19.0 Å². The first kappa shape index (κ1) is 12.3. The second-order valence-corrected chi connectivity index (χ2v) is 3.61. The van der Waals surface area contributed by atoms with E-state index in [-0.39, 0.29) is 0 Å². The van der Waals surface area contributed by atoms with Crippen LogP contribution >= 0.6 is 0 Å². The fourth-order valence-corrected chi connectivity index (χ4v) is 1.48. The van der Waals surface area contributed by atoms with E-state index in [0.29, 0.717) is 17.1 Å². The Morgan fingerprint density at radius 1 is 1.06 bits per heavy atom. The summed E-state index contributed by atoms with van der Waals surface area (Å²) in [7, 11) is 1.71. The van der Waals surface area contributed by atoms with Crippen molar-refractivity contribution in [1.29, 1.82) is 0 Å². The molecule has 0 aliphatic carbocycles. The van der Waals surface area contributed by atoms with E-state index in [4.69, 9.17) is 0 Å². The quantitative estimate of drug-likeness (QED) is 0.893. The molecule has 0 spiro atoms. The Balaban J connectivity index is 2.34. The summed E-state index contributed by atoms with van der Waals surface area (Å²) < 4.78 is 37.2. The lowest BCUT2D eigenvalue weighted by atomic mass is 10.1. The van der Waals surface area contributed by atoms with Crippen LogP contribution < -0.4 is 5.32 Å². The van der Waals surface area contributed by atoms with Gasteiger partial charge in [0, 0.05) is 18.7 Å². The fraction of sp³-hybridized carbons (Fsp3) is 0.167. The van der Waals surface area contributed by atoms with E-state index < -0.39 is 11.7 Å². The third kappa shape index (κ3) is 2.58. The van der Waals surface area contributed by atoms with Crippen molar-refractivity contribution in [1.82, 2.24) is 9.97 Å². The second-order valence-electron chi connectivity index (χ2n) is 3.61. The number of aromatic nitrogens is 2. The van der Waals surface area contributed by atoms with E-state index in [1.165, 1.54) is 18.5 Å². The first-order chi connectivity index (χ1) is 8.50. The molecule has 1 aromatic heterocycles. The van der Waals surface area contributed by atoms with E-state index in [2.05, 4.69) is 15.3 Å². The van der Waals surface area contributed by atoms with Gasteiger partial charge in [0.15, 0.2) is 0 Å². The molecule has 0 radical (unpaired) electrons. The minimum absolute atomic E-state index is 0.572. The summed E-state index contributed by atoms with van der Waals surface area (Å²) in [4.78, 5) is 7.96. The van der Waals surface area contributed by atoms with Gasteiger partial charge in [-0.2, -0.15) is 13.2 Å². The van der Waals surface area contributed by atoms with E-state index in [1.807, 2.05) is 0 Å². The molecule has 0 aliphatic heterocycles. The Morgan fingerprint density at radius 2 is 1.72 bits per heavy atom. The second kappa shape index (κ2) is 4.64. The average molecular weight is 253 g/mol. The molecule has 6 heteroatoms. The Bertz CT molecular complexity index is 535. The molecule has 18 heavy (non-hydrogen) atoms. The number of hydrogen-bond acceptors (Lipinski definition) is 3. The van der Waals surface area contributed by atoms with Crippen LogP contribution in [0, 0.1) is 0 Å². The minimum Gasteiger partial charge on any atom is -0.373 e. The van der Waals surface area contributed by atoms with Crippen LogP contribution in [-0.4, -0.2) is 17.0 Å². The van der Waals surface area contributed by atoms with Gasteiger partial charge in [0.05, 0.1) is 11.3 Å². The van der Waals surface area contributed by atoms with Crippen molar-refractivity contribution >= 4 is 5.82 Å². The van der Waals surface area contributed by atoms with Gasteiger partial charge < -0.3 is 5.32 Å². The summed E-state index contributed by atoms with van der Waals surface area (Å²) >= 11 is 0. The highest BCUT2D eigenvalue weighted by Crippen LogP contribution is 2.30. The molecular weight excluding hydrogens is 243 g/mol. The largest absolute Gasteiger partial charge is 0.416 e. The van der Waals surface area contributed by atoms with Crippen LogP contribution in [0.5, 0.6) is 0 Å². The van der Waals surface area contributed by atoms with Gasteiger partial charge in [-0.05, 0) is 12.1 Å². The van der Waals surface area contributed by atoms with Crippen LogP contribution in [0.2, 0.25) is 0 Å². The molecule has 0 fully saturated rings. The SMILES string of the molecule is CNc1cc(-c2ccc(C(F)(F)F)cc2)ncn1. The molecule has 2 rings (SSSR count). The van der Waals surface area contributed by atoms with Gasteiger partial charge in [-0.1, -0.05) is 12.1 Å². The van der Waals surface area contributed by atoms with Gasteiger partial charge in [-0.25, -0.2) is 9.97 Å². The molecule has 94 valence electrons. The average Bonchev–Trinajstić information content (AvgIpc) is 2.38. The number of nitrogens with one attached hydrogen (secondary N) is 1. The zero-order valence-electron chi connectivity index (χ0n) is 9.49. The standard InChI is InChI=1S/C12H10F3N3/c1-16-11-6-10(17-7-18-11)8-2-4-9(5-3-8)12(13,14)15/h2-7H,1H3,(H,16,17,18). The zero-order valence-corrected chi connectivity index (χ0v) is 9.49. The van der Waals surface area contributed by atoms with Gasteiger partial charge in [0.25, 0.3) is 0 Å². The lowest BCUT2D eigenvalue weighted by molar-refractivity contribution is -0.137. The number of rotatable bonds is 2. The Morgan fingerprint density at radius 3 is 2.28 bits per heavy atom. The maximum Gasteiger partial charge on any atom is 0.416 e. The molecule has 3 nitrogen and oxygen atoms in total. The van der Waals surface area contributed by atoms with Crippen molar-refractivity contribution in [3.05, 3.63) is 42.2 Å². The van der Waals surface area contributed by atoms with Gasteiger partial charge in [-0.15, -0.1) is 0 Å². The molecule has 0 amide bonds. The maximum atomic E-state index is 12.4. The Labute approximate surface area is 102 Å². The topological polar surface area (TPSA) is 37.8 Å². The summed E-state index contributed by atoms with van der Waals surface area (Å²) in [6.45, 7) is 0. The Kier molecular flexibility index (Phi) is 3.18. The third-order valence-corrected chi connectivity index (χ3v) is 2.43. The molecule has 0 aliphatic rings. The predicted molar refractivity (Wildman–Crippen MR) is 62.0 cm³/mol. The third-order valence-electron chi connectivity index (χ3n) is 2.43. The molecular formula is C12H10F3N3. The van der Waals surface area contributed by atoms with Gasteiger partial charge in [0.2, 0.25) is 0 Å². The Hall–Kier alpha value is -2.11. The normalized spacial score (nSPS) is 11.3. The summed E-state index contributed by atoms with van der Waals surface area (Å²) in [6.07, 6.45) is -2.96. The first-order valence-corrected chi connectivity index (χ1v) is 5.18. The molecule has 0 saturated heterocycles. The highest BCUT2D eigenvalue weighted by atomic mass is 19.4. The molecule has 0 saturated carbocycles. The van der Waals surface area contributed by atoms with Crippen molar-refractivity contribution in [3.8, 4) is 11.3 Å². The van der Waals surface area contributed by atoms with Crippen molar-refractivity contribution < 1.29 is 13.2 Å². The highest BCUT2D eigenvalue weighted by Gasteiger charge is 2.29. The van der Waals surface area contributed by atoms with E-state index in [1.54, 1.807) is 13.1 Å². The van der Waals surface area contributed by atoms with Gasteiger partial charge in [-0.3, -0.25) is 0 Å². The monoisotopic (exact) mass is 253 g/mol. The maximum absolute atomic E-state index is 12.4. The number of benzene rings is 1. The zero-order chi connectivity index (χ0) is 13.2. The lowest BCUT2D eigenvalue weighted by Crippen LogP contribution is -2.04. The van der Waals surface area contributed by atoms with Gasteiger partial charge in [0.1, 0.15) is 12.1 Å². The van der Waals surface area contributed by atoms with Crippen molar-refractivity contribution in [2.24, 2.45) is 0 Å². The van der Waals surface area contributed by atoms with Crippen LogP contribution in [-0.2, 0) is 6.18 Å². The molecule has 0 unspecified atom stereocenters. The molecule has 0 atom stereocenters. The van der Waals surface area contributed by atoms with Crippen LogP contribution in [0.15, 0.2) is 36.7 Å². The highest BCUT2D eigenvalue weighted by molar-refractivity contribution is 5.62. The molecule has 1 aromatic carbocycles. The summed E-state index contributed by atoms with van der Waals surface area (Å²) in [5.74, 6) is 0.611. The number of nitrogens with zero attached hydrogens (tertiary/aromatic N) is 2. The summed E-state index contributed by atoms with van der Waals surface area (Å²) in [5, 5.41) is 2.84. The minimum atomic E-state index is -4.32. The molecule has 1 heterocycles. The fourth-order valence-electron chi connectivity index (χ4n) is 1.48. The van der Waals surface area contributed by atoms with E-state index in [9.17, 15) is 13.2 Å². The summed E-state index contributed by atoms with van der Waals surface area (Å²) in [5.41, 5.74) is 0.513. The van der Waals surface area contributed by atoms with Crippen molar-refractivity contribution in [2.45, 2.75) is 6.18 Å². The number of anilines is 1. The molecule has 1 N–H and O–H groups in total. The number of hydrogen-bond donors (Lipinski definition) is 1. The molecule has 0 bridgehead atoms. The van der Waals surface area contributed by atoms with Gasteiger partial charge >= 0.3 is 6.18 Å². The van der Waals surface area contributed by atoms with Crippen molar-refractivity contribution in [3.63, 3.8) is 0 Å². The van der Waals surface area contributed by atoms with E-state index in [0.717, 1.165) is 12.1 Å². The smallest absolute Gasteiger partial charge is 0.373 e. The predicted octanol–water partition coefficient (Wildman–Crippen LogP) is 3.20. The van der Waals surface area contributed by atoms with Crippen LogP contribution in [0.1, 0.15) is 5.56 Å². The number of alkyl halides is 3. The van der Waals surface area contributed by atoms with Crippen LogP contribution in [0.25, 0.3) is 11.3 Å². The van der Waals surface area contributed by atoms with Crippen molar-refractivity contribution in [2.75, 3.05) is 12.4 Å². The first-order valence-electron chi connectivity index (χ1n) is 5.18. The molecule has 2 aromatic rings. The van der Waals surface area contributed by atoms with Crippen LogP contribution in [0.3, 0.4) is 0 Å². The summed E-state index contributed by atoms with van der Waals surface area (Å²) in [6, 6.07) is 6.53. The lowest BCUT2D eigenvalue weighted by Gasteiger charge is -2.07. The van der Waals surface area contributed by atoms with E-state index >= 15 is 0 Å². The number of halogens is 3.